The maximum Gasteiger partial charge on any atom is 0.233 e. The number of hydrogen-bond donors (Lipinski definition) is 3. The molecule has 1 atom stereocenters. The Morgan fingerprint density at radius 1 is 1.67 bits per heavy atom. The number of anilines is 1. The molecule has 1 saturated heterocycles. The van der Waals surface area contributed by atoms with E-state index >= 15 is 0 Å². The highest BCUT2D eigenvalue weighted by atomic mass is 16.3. The minimum Gasteiger partial charge on any atom is -0.504 e. The van der Waals surface area contributed by atoms with Crippen molar-refractivity contribution in [2.45, 2.75) is 26.2 Å². The van der Waals surface area contributed by atoms with E-state index in [2.05, 4.69) is 22.5 Å². The molecule has 3 N–H and O–H groups in total. The Labute approximate surface area is 107 Å². The summed E-state index contributed by atoms with van der Waals surface area (Å²) in [6, 6.07) is 3.14. The number of pyridine rings is 1. The van der Waals surface area contributed by atoms with Gasteiger partial charge < -0.3 is 15.7 Å². The Hall–Kier alpha value is -1.62. The lowest BCUT2D eigenvalue weighted by Gasteiger charge is -2.26. The van der Waals surface area contributed by atoms with Gasteiger partial charge in [0.2, 0.25) is 5.91 Å². The molecule has 5 nitrogen and oxygen atoms in total. The fourth-order valence-corrected chi connectivity index (χ4v) is 2.48. The molecule has 1 amide bonds. The molecule has 1 aromatic heterocycles. The Bertz CT molecular complexity index is 428. The zero-order chi connectivity index (χ0) is 13.0. The molecular formula is C13H19N3O2. The standard InChI is InChI=1S/C13H19N3O2/c1-2-5-13(6-8-14-9-13)12(18)16-11-10(17)4-3-7-15-11/h3-4,7,14,17H,2,5-6,8-9H2,1H3,(H,15,16,18). The first-order valence-electron chi connectivity index (χ1n) is 6.34. The summed E-state index contributed by atoms with van der Waals surface area (Å²) < 4.78 is 0. The van der Waals surface area contributed by atoms with E-state index < -0.39 is 0 Å². The predicted molar refractivity (Wildman–Crippen MR) is 69.4 cm³/mol. The summed E-state index contributed by atoms with van der Waals surface area (Å²) in [6.07, 6.45) is 4.19. The summed E-state index contributed by atoms with van der Waals surface area (Å²) in [7, 11) is 0. The van der Waals surface area contributed by atoms with E-state index in [1.807, 2.05) is 0 Å². The third-order valence-corrected chi connectivity index (χ3v) is 3.47. The van der Waals surface area contributed by atoms with Crippen LogP contribution in [0.4, 0.5) is 5.82 Å². The molecule has 2 rings (SSSR count). The molecule has 1 aromatic rings. The molecule has 0 radical (unpaired) electrons. The van der Waals surface area contributed by atoms with Crippen LogP contribution < -0.4 is 10.6 Å². The van der Waals surface area contributed by atoms with Crippen LogP contribution in [0.2, 0.25) is 0 Å². The molecule has 1 aliphatic heterocycles. The second-order valence-corrected chi connectivity index (χ2v) is 4.78. The van der Waals surface area contributed by atoms with Crippen LogP contribution in [0.5, 0.6) is 5.75 Å². The average molecular weight is 249 g/mol. The third-order valence-electron chi connectivity index (χ3n) is 3.47. The molecule has 18 heavy (non-hydrogen) atoms. The smallest absolute Gasteiger partial charge is 0.233 e. The van der Waals surface area contributed by atoms with Crippen LogP contribution in [0.3, 0.4) is 0 Å². The predicted octanol–water partition coefficient (Wildman–Crippen LogP) is 1.51. The highest BCUT2D eigenvalue weighted by Crippen LogP contribution is 2.33. The Morgan fingerprint density at radius 3 is 3.11 bits per heavy atom. The minimum atomic E-state index is -0.362. The number of nitrogens with zero attached hydrogens (tertiary/aromatic N) is 1. The molecule has 0 aromatic carbocycles. The normalized spacial score (nSPS) is 22.9. The number of hydrogen-bond acceptors (Lipinski definition) is 4. The number of aromatic hydroxyl groups is 1. The molecule has 1 unspecified atom stereocenters. The van der Waals surface area contributed by atoms with Crippen molar-refractivity contribution >= 4 is 11.7 Å². The summed E-state index contributed by atoms with van der Waals surface area (Å²) >= 11 is 0. The van der Waals surface area contributed by atoms with E-state index in [0.717, 1.165) is 25.8 Å². The van der Waals surface area contributed by atoms with Gasteiger partial charge in [0.15, 0.2) is 11.6 Å². The first-order chi connectivity index (χ1) is 8.68. The zero-order valence-corrected chi connectivity index (χ0v) is 10.6. The van der Waals surface area contributed by atoms with Crippen molar-refractivity contribution < 1.29 is 9.90 Å². The fourth-order valence-electron chi connectivity index (χ4n) is 2.48. The summed E-state index contributed by atoms with van der Waals surface area (Å²) in [5, 5.41) is 15.6. The number of rotatable bonds is 4. The van der Waals surface area contributed by atoms with Gasteiger partial charge in [-0.2, -0.15) is 0 Å². The highest BCUT2D eigenvalue weighted by molar-refractivity contribution is 5.96. The SMILES string of the molecule is CCCC1(C(=O)Nc2ncccc2O)CCNC1. The van der Waals surface area contributed by atoms with E-state index in [4.69, 9.17) is 0 Å². The van der Waals surface area contributed by atoms with Crippen LogP contribution in [-0.4, -0.2) is 29.1 Å². The van der Waals surface area contributed by atoms with Crippen LogP contribution in [0.15, 0.2) is 18.3 Å². The number of amides is 1. The van der Waals surface area contributed by atoms with Crippen molar-refractivity contribution in [2.75, 3.05) is 18.4 Å². The second-order valence-electron chi connectivity index (χ2n) is 4.78. The number of nitrogens with one attached hydrogen (secondary N) is 2. The van der Waals surface area contributed by atoms with Crippen LogP contribution in [-0.2, 0) is 4.79 Å². The molecular weight excluding hydrogens is 230 g/mol. The van der Waals surface area contributed by atoms with Gasteiger partial charge in [-0.05, 0) is 31.5 Å². The van der Waals surface area contributed by atoms with Gasteiger partial charge >= 0.3 is 0 Å². The van der Waals surface area contributed by atoms with Gasteiger partial charge in [0.25, 0.3) is 0 Å². The first kappa shape index (κ1) is 12.8. The topological polar surface area (TPSA) is 74.2 Å². The third kappa shape index (κ3) is 2.46. The summed E-state index contributed by atoms with van der Waals surface area (Å²) in [4.78, 5) is 16.4. The maximum absolute atomic E-state index is 12.4. The van der Waals surface area contributed by atoms with Gasteiger partial charge in [-0.25, -0.2) is 4.98 Å². The monoisotopic (exact) mass is 249 g/mol. The van der Waals surface area contributed by atoms with Crippen LogP contribution in [0.25, 0.3) is 0 Å². The van der Waals surface area contributed by atoms with E-state index in [1.54, 1.807) is 12.3 Å². The van der Waals surface area contributed by atoms with Gasteiger partial charge in [0.05, 0.1) is 5.41 Å². The van der Waals surface area contributed by atoms with E-state index in [1.165, 1.54) is 6.07 Å². The van der Waals surface area contributed by atoms with E-state index in [0.29, 0.717) is 6.54 Å². The lowest BCUT2D eigenvalue weighted by Crippen LogP contribution is -2.38. The number of carbonyl (C=O) groups is 1. The molecule has 0 spiro atoms. The highest BCUT2D eigenvalue weighted by Gasteiger charge is 2.40. The quantitative estimate of drug-likeness (QED) is 0.756. The minimum absolute atomic E-state index is 0.00320. The van der Waals surface area contributed by atoms with Crippen molar-refractivity contribution in [1.82, 2.24) is 10.3 Å². The lowest BCUT2D eigenvalue weighted by atomic mass is 9.81. The van der Waals surface area contributed by atoms with Gasteiger partial charge in [-0.15, -0.1) is 0 Å². The van der Waals surface area contributed by atoms with Crippen molar-refractivity contribution in [1.29, 1.82) is 0 Å². The van der Waals surface area contributed by atoms with Gasteiger partial charge in [-0.3, -0.25) is 4.79 Å². The van der Waals surface area contributed by atoms with Crippen molar-refractivity contribution in [2.24, 2.45) is 5.41 Å². The molecule has 0 saturated carbocycles. The lowest BCUT2D eigenvalue weighted by molar-refractivity contribution is -0.125. The maximum atomic E-state index is 12.4. The van der Waals surface area contributed by atoms with Gasteiger partial charge in [-0.1, -0.05) is 13.3 Å². The van der Waals surface area contributed by atoms with Crippen molar-refractivity contribution in [3.05, 3.63) is 18.3 Å². The van der Waals surface area contributed by atoms with Crippen molar-refractivity contribution in [3.8, 4) is 5.75 Å². The average Bonchev–Trinajstić information content (AvgIpc) is 2.82. The van der Waals surface area contributed by atoms with E-state index in [9.17, 15) is 9.90 Å². The summed E-state index contributed by atoms with van der Waals surface area (Å²) in [6.45, 7) is 3.63. The number of carbonyl (C=O) groups excluding carboxylic acids is 1. The molecule has 1 aliphatic rings. The van der Waals surface area contributed by atoms with E-state index in [-0.39, 0.29) is 22.9 Å². The van der Waals surface area contributed by atoms with Crippen molar-refractivity contribution in [3.63, 3.8) is 0 Å². The number of aromatic nitrogens is 1. The molecule has 0 aliphatic carbocycles. The van der Waals surface area contributed by atoms with Crippen LogP contribution >= 0.6 is 0 Å². The second kappa shape index (κ2) is 5.35. The van der Waals surface area contributed by atoms with Crippen LogP contribution in [0, 0.1) is 5.41 Å². The Kier molecular flexibility index (Phi) is 3.81. The fraction of sp³-hybridized carbons (Fsp3) is 0.538. The molecule has 0 bridgehead atoms. The van der Waals surface area contributed by atoms with Crippen LogP contribution in [0.1, 0.15) is 26.2 Å². The zero-order valence-electron chi connectivity index (χ0n) is 10.6. The molecule has 2 heterocycles. The first-order valence-corrected chi connectivity index (χ1v) is 6.34. The van der Waals surface area contributed by atoms with Gasteiger partial charge in [0.1, 0.15) is 0 Å². The Morgan fingerprint density at radius 2 is 2.50 bits per heavy atom. The van der Waals surface area contributed by atoms with Gasteiger partial charge in [0, 0.05) is 12.7 Å². The Balaban J connectivity index is 2.13. The largest absolute Gasteiger partial charge is 0.504 e. The summed E-state index contributed by atoms with van der Waals surface area (Å²) in [5.74, 6) is 0.191. The molecule has 98 valence electrons. The summed E-state index contributed by atoms with van der Waals surface area (Å²) in [5.41, 5.74) is -0.362. The molecule has 5 heteroatoms. The molecule has 1 fully saturated rings.